The molecule has 0 bridgehead atoms. The molecule has 29 nitrogen and oxygen atoms in total. The van der Waals surface area contributed by atoms with Crippen LogP contribution >= 0.6 is 0 Å². The molecule has 1 fully saturated rings. The lowest BCUT2D eigenvalue weighted by Crippen LogP contribution is -2.25. The summed E-state index contributed by atoms with van der Waals surface area (Å²) in [6, 6.07) is 55.9. The van der Waals surface area contributed by atoms with Crippen molar-refractivity contribution in [3.05, 3.63) is 290 Å². The first-order chi connectivity index (χ1) is 58.6. The van der Waals surface area contributed by atoms with Gasteiger partial charge in [0.05, 0.1) is 118 Å². The number of aryl methyl sites for hydroxylation is 1. The van der Waals surface area contributed by atoms with Gasteiger partial charge in [-0.25, -0.2) is 18.4 Å². The van der Waals surface area contributed by atoms with Gasteiger partial charge in [0.2, 0.25) is 5.91 Å². The number of nitrogens with zero attached hydrogens (tertiary/aromatic N) is 12. The summed E-state index contributed by atoms with van der Waals surface area (Å²) >= 11 is 0. The minimum absolute atomic E-state index is 0.0537. The first kappa shape index (κ1) is 82.1. The molecule has 2 atom stereocenters. The van der Waals surface area contributed by atoms with Crippen LogP contribution in [0.4, 0.5) is 0 Å². The number of rotatable bonds is 24. The van der Waals surface area contributed by atoms with Crippen molar-refractivity contribution in [3.63, 3.8) is 0 Å². The maximum atomic E-state index is 11.7. The fraction of sp³-hybridized carbons (Fsp3) is 0.154. The van der Waals surface area contributed by atoms with Crippen LogP contribution in [-0.2, 0) is 47.3 Å². The highest BCUT2D eigenvalue weighted by Crippen LogP contribution is 2.39. The number of carbonyl (C=O) groups is 4. The SMILES string of the molecule is COc1cc(-c2cc(O[C@H](C)[C@H]3CNC(=O)C3)c3cccnc3c2)cnc1OC.COc1ccc(-c2cc(OCc3ncccc3C(N)=O)c3cccnc3c2)nc1.CS(=O)(=O)Cc1ccc(-c2cc(OCc3ncccc3C(N)=O)c3cccnc3c2)cn1.Cn1cnc2cc(-c3cc(OCc4ncccc4C(N)=O)c4cccnc4c3)ccc21. The van der Waals surface area contributed by atoms with Crippen molar-refractivity contribution in [3.8, 4) is 85.0 Å². The number of hydrogen-bond donors (Lipinski definition) is 4. The van der Waals surface area contributed by atoms with E-state index >= 15 is 0 Å². The van der Waals surface area contributed by atoms with Crippen molar-refractivity contribution in [2.24, 2.45) is 30.2 Å². The molecule has 17 rings (SSSR count). The van der Waals surface area contributed by atoms with Crippen molar-refractivity contribution in [1.82, 2.24) is 64.7 Å². The number of imidazole rings is 1. The maximum absolute atomic E-state index is 11.7. The van der Waals surface area contributed by atoms with Gasteiger partial charge in [0.15, 0.2) is 15.6 Å². The third-order valence-corrected chi connectivity index (χ3v) is 20.6. The molecule has 30 heteroatoms. The molecule has 1 aliphatic rings. The number of benzene rings is 5. The molecule has 121 heavy (non-hydrogen) atoms. The van der Waals surface area contributed by atoms with Crippen LogP contribution in [0.15, 0.2) is 250 Å². The number of sulfone groups is 1. The normalized spacial score (nSPS) is 12.5. The van der Waals surface area contributed by atoms with Gasteiger partial charge in [-0.15, -0.1) is 0 Å². The average Bonchev–Trinajstić information content (AvgIpc) is 1.46. The number of hydrogen-bond acceptors (Lipinski definition) is 24. The molecular weight excluding hydrogens is 1560 g/mol. The summed E-state index contributed by atoms with van der Waals surface area (Å²) in [6.45, 7) is 2.90. The van der Waals surface area contributed by atoms with E-state index in [0.29, 0.717) is 87.1 Å². The van der Waals surface area contributed by atoms with Gasteiger partial charge in [0.25, 0.3) is 23.6 Å². The van der Waals surface area contributed by atoms with Gasteiger partial charge >= 0.3 is 0 Å². The molecule has 16 aromatic rings. The first-order valence-corrected chi connectivity index (χ1v) is 39.9. The number of methoxy groups -OCH3 is 3. The standard InChI is InChI=1S/C24H19N5O2.C23H20N4O4S.C22H18N4O3.C22H23N3O4/c1-29-14-28-20-10-15(6-7-22(20)29)16-11-19-17(4-2-8-26-19)23(12-16)31-13-21-18(24(25)30)5-3-9-27-21;1-32(29,30)14-17-7-6-15(12-27-17)16-10-20-18(4-2-8-25-20)22(11-16)31-13-21-19(23(24)28)5-3-9-26-21;1-28-15-6-7-18(26-12-15)14-10-19-16(4-2-8-24-19)21(11-14)29-13-20-17(22(23)27)5-3-9-25-20;1-13(15-10-21(26)24-11-15)29-19-8-14(7-18-17(19)5-4-6-23-18)16-9-20(27-2)22(28-3)25-12-16/h2-12,14H,13H2,1H3,(H2,25,30);2-12H,13-14H2,1H3,(H2,24,28);2-12H,13H2,1H3,(H2,23,27);4-9,12-13,15H,10-11H2,1-3H3,(H,24,26)/t;;;13-,15-/m...1/s1. The minimum atomic E-state index is -3.16. The van der Waals surface area contributed by atoms with Crippen LogP contribution in [0.5, 0.6) is 40.4 Å². The molecule has 0 spiro atoms. The summed E-state index contributed by atoms with van der Waals surface area (Å²) in [4.78, 5) is 94.7. The van der Waals surface area contributed by atoms with Gasteiger partial charge in [-0.05, 0) is 199 Å². The Morgan fingerprint density at radius 3 is 1.36 bits per heavy atom. The van der Waals surface area contributed by atoms with Crippen molar-refractivity contribution in [1.29, 1.82) is 0 Å². The van der Waals surface area contributed by atoms with E-state index in [1.54, 1.807) is 132 Å². The highest BCUT2D eigenvalue weighted by Gasteiger charge is 2.29. The summed E-state index contributed by atoms with van der Waals surface area (Å²) in [5.74, 6) is 2.67. The van der Waals surface area contributed by atoms with Crippen molar-refractivity contribution < 1.29 is 60.8 Å². The van der Waals surface area contributed by atoms with Gasteiger partial charge in [-0.3, -0.25) is 64.0 Å². The summed E-state index contributed by atoms with van der Waals surface area (Å²) in [6.07, 6.45) is 20.1. The number of primary amides is 3. The number of nitrogens with one attached hydrogen (secondary N) is 1. The van der Waals surface area contributed by atoms with Gasteiger partial charge in [0, 0.05) is 126 Å². The third kappa shape index (κ3) is 19.8. The highest BCUT2D eigenvalue weighted by molar-refractivity contribution is 7.89. The van der Waals surface area contributed by atoms with Gasteiger partial charge in [-0.2, -0.15) is 0 Å². The summed E-state index contributed by atoms with van der Waals surface area (Å²) in [5, 5.41) is 6.32. The monoisotopic (exact) mass is 1640 g/mol. The Kier molecular flexibility index (Phi) is 25.2. The number of ether oxygens (including phenoxy) is 7. The van der Waals surface area contributed by atoms with E-state index in [4.69, 9.17) is 50.4 Å². The number of carbonyl (C=O) groups excluding carboxylic acids is 4. The van der Waals surface area contributed by atoms with E-state index in [-0.39, 0.29) is 43.5 Å². The number of pyridine rings is 10. The zero-order valence-corrected chi connectivity index (χ0v) is 67.2. The molecule has 0 aliphatic carbocycles. The van der Waals surface area contributed by atoms with Crippen LogP contribution in [-0.4, -0.2) is 132 Å². The van der Waals surface area contributed by atoms with E-state index in [1.807, 2.05) is 152 Å². The smallest absolute Gasteiger partial charge is 0.256 e. The zero-order valence-electron chi connectivity index (χ0n) is 66.4. The predicted molar refractivity (Wildman–Crippen MR) is 457 cm³/mol. The van der Waals surface area contributed by atoms with Gasteiger partial charge in [0.1, 0.15) is 54.7 Å². The lowest BCUT2D eigenvalue weighted by atomic mass is 10.0. The second-order valence-electron chi connectivity index (χ2n) is 27.9. The second-order valence-corrected chi connectivity index (χ2v) is 30.0. The first-order valence-electron chi connectivity index (χ1n) is 37.9. The Labute approximate surface area is 693 Å². The molecule has 1 aliphatic heterocycles. The lowest BCUT2D eigenvalue weighted by molar-refractivity contribution is -0.119. The number of aromatic nitrogens is 12. The lowest BCUT2D eigenvalue weighted by Gasteiger charge is -2.21. The molecule has 0 unspecified atom stereocenters. The molecule has 0 saturated carbocycles. The van der Waals surface area contributed by atoms with Crippen LogP contribution in [0, 0.1) is 5.92 Å². The van der Waals surface area contributed by atoms with Crippen molar-refractivity contribution in [2.45, 2.75) is 45.0 Å². The van der Waals surface area contributed by atoms with E-state index in [1.165, 1.54) is 6.26 Å². The van der Waals surface area contributed by atoms with Crippen LogP contribution in [0.2, 0.25) is 0 Å². The number of nitrogens with two attached hydrogens (primary N) is 3. The second kappa shape index (κ2) is 37.2. The molecule has 7 N–H and O–H groups in total. The quantitative estimate of drug-likeness (QED) is 0.0436. The van der Waals surface area contributed by atoms with E-state index < -0.39 is 27.6 Å². The number of fused-ring (bicyclic) bond motifs is 5. The molecule has 608 valence electrons. The largest absolute Gasteiger partial charge is 0.495 e. The van der Waals surface area contributed by atoms with Crippen LogP contribution in [0.1, 0.15) is 67.2 Å². The zero-order chi connectivity index (χ0) is 84.7. The van der Waals surface area contributed by atoms with E-state index in [2.05, 4.69) is 66.2 Å². The molecule has 4 amide bonds. The fourth-order valence-electron chi connectivity index (χ4n) is 13.6. The Bertz CT molecular complexity index is 6660. The van der Waals surface area contributed by atoms with Crippen molar-refractivity contribution >= 4 is 88.1 Å². The van der Waals surface area contributed by atoms with E-state index in [9.17, 15) is 27.6 Å². The summed E-state index contributed by atoms with van der Waals surface area (Å²) < 4.78 is 65.3. The average molecular weight is 1640 g/mol. The van der Waals surface area contributed by atoms with Crippen LogP contribution in [0.3, 0.4) is 0 Å². The Morgan fingerprint density at radius 2 is 0.901 bits per heavy atom. The fourth-order valence-corrected chi connectivity index (χ4v) is 14.3. The van der Waals surface area contributed by atoms with Crippen LogP contribution in [0.25, 0.3) is 99.3 Å². The predicted octanol–water partition coefficient (Wildman–Crippen LogP) is 13.4. The molecule has 1 saturated heterocycles. The number of amides is 4. The maximum Gasteiger partial charge on any atom is 0.256 e. The Morgan fingerprint density at radius 1 is 0.455 bits per heavy atom. The molecule has 12 heterocycles. The van der Waals surface area contributed by atoms with Gasteiger partial charge in [-0.1, -0.05) is 12.1 Å². The molecule has 5 aromatic carbocycles. The van der Waals surface area contributed by atoms with Crippen molar-refractivity contribution in [2.75, 3.05) is 34.1 Å². The molecular formula is C91H80N16O13S. The Hall–Kier alpha value is -15.5. The highest BCUT2D eigenvalue weighted by atomic mass is 32.2. The Balaban J connectivity index is 0.000000132. The van der Waals surface area contributed by atoms with Gasteiger partial charge < -0.3 is 60.2 Å². The van der Waals surface area contributed by atoms with E-state index in [0.717, 1.165) is 105 Å². The minimum Gasteiger partial charge on any atom is -0.495 e. The topological polar surface area (TPSA) is 404 Å². The third-order valence-electron chi connectivity index (χ3n) is 19.7. The van der Waals surface area contributed by atoms with Crippen LogP contribution < -0.4 is 55.7 Å². The summed E-state index contributed by atoms with van der Waals surface area (Å²) in [5.41, 5.74) is 31.3. The summed E-state index contributed by atoms with van der Waals surface area (Å²) in [7, 11) is 3.54. The molecule has 0 radical (unpaired) electrons. The molecule has 11 aromatic heterocycles.